The maximum atomic E-state index is 9.56. The number of benzene rings is 1. The van der Waals surface area contributed by atoms with Crippen LogP contribution in [0.1, 0.15) is 32.4 Å². The van der Waals surface area contributed by atoms with E-state index in [9.17, 15) is 5.11 Å². The van der Waals surface area contributed by atoms with Gasteiger partial charge in [-0.05, 0) is 12.8 Å². The Morgan fingerprint density at radius 1 is 1.20 bits per heavy atom. The van der Waals surface area contributed by atoms with E-state index in [1.54, 1.807) is 11.3 Å². The largest absolute Gasteiger partial charge is 0.394 e. The number of rotatable bonds is 7. The Morgan fingerprint density at radius 3 is 2.50 bits per heavy atom. The monoisotopic (exact) mass is 290 g/mol. The molecular formula is C16H22N2OS. The van der Waals surface area contributed by atoms with E-state index in [0.29, 0.717) is 6.54 Å². The van der Waals surface area contributed by atoms with Crippen LogP contribution in [0.4, 0.5) is 0 Å². The van der Waals surface area contributed by atoms with Gasteiger partial charge in [-0.2, -0.15) is 0 Å². The summed E-state index contributed by atoms with van der Waals surface area (Å²) >= 11 is 1.66. The zero-order valence-corrected chi connectivity index (χ0v) is 12.9. The second-order valence-electron chi connectivity index (χ2n) is 5.01. The molecule has 3 nitrogen and oxygen atoms in total. The summed E-state index contributed by atoms with van der Waals surface area (Å²) in [5, 5.41) is 16.1. The van der Waals surface area contributed by atoms with E-state index in [1.165, 1.54) is 0 Å². The number of hydrogen-bond donors (Lipinski definition) is 2. The Labute approximate surface area is 124 Å². The molecule has 20 heavy (non-hydrogen) atoms. The smallest absolute Gasteiger partial charge is 0.123 e. The standard InChI is InChI=1S/C16H22N2OS/c1-3-16(4-2,12-19)17-10-14-11-20-15(18-14)13-8-6-5-7-9-13/h5-9,11,17,19H,3-4,10,12H2,1-2H3. The fourth-order valence-electron chi connectivity index (χ4n) is 2.16. The van der Waals surface area contributed by atoms with Crippen molar-refractivity contribution in [2.75, 3.05) is 6.61 Å². The lowest BCUT2D eigenvalue weighted by Crippen LogP contribution is -2.47. The zero-order chi connectivity index (χ0) is 14.4. The van der Waals surface area contributed by atoms with E-state index in [-0.39, 0.29) is 12.1 Å². The Bertz CT molecular complexity index is 512. The van der Waals surface area contributed by atoms with E-state index in [2.05, 4.69) is 41.7 Å². The van der Waals surface area contributed by atoms with Crippen LogP contribution in [-0.2, 0) is 6.54 Å². The molecule has 4 heteroatoms. The molecule has 108 valence electrons. The molecule has 0 bridgehead atoms. The van der Waals surface area contributed by atoms with Crippen molar-refractivity contribution >= 4 is 11.3 Å². The molecule has 0 aliphatic carbocycles. The highest BCUT2D eigenvalue weighted by molar-refractivity contribution is 7.13. The second-order valence-corrected chi connectivity index (χ2v) is 5.87. The first-order valence-corrected chi connectivity index (χ1v) is 7.96. The molecule has 0 radical (unpaired) electrons. The Balaban J connectivity index is 2.03. The minimum atomic E-state index is -0.184. The molecule has 1 aromatic heterocycles. The average Bonchev–Trinajstić information content (AvgIpc) is 2.99. The summed E-state index contributed by atoms with van der Waals surface area (Å²) in [6.07, 6.45) is 1.82. The van der Waals surface area contributed by atoms with Gasteiger partial charge in [0.25, 0.3) is 0 Å². The van der Waals surface area contributed by atoms with Gasteiger partial charge >= 0.3 is 0 Å². The molecular weight excluding hydrogens is 268 g/mol. The van der Waals surface area contributed by atoms with Crippen molar-refractivity contribution in [1.29, 1.82) is 0 Å². The van der Waals surface area contributed by atoms with Crippen LogP contribution in [0.25, 0.3) is 10.6 Å². The van der Waals surface area contributed by atoms with Crippen LogP contribution in [0.2, 0.25) is 0 Å². The van der Waals surface area contributed by atoms with Crippen molar-refractivity contribution < 1.29 is 5.11 Å². The van der Waals surface area contributed by atoms with Crippen LogP contribution in [-0.4, -0.2) is 22.2 Å². The van der Waals surface area contributed by atoms with Crippen LogP contribution < -0.4 is 5.32 Å². The third kappa shape index (κ3) is 3.45. The maximum absolute atomic E-state index is 9.56. The lowest BCUT2D eigenvalue weighted by atomic mass is 9.94. The number of nitrogens with one attached hydrogen (secondary N) is 1. The van der Waals surface area contributed by atoms with E-state index in [4.69, 9.17) is 0 Å². The summed E-state index contributed by atoms with van der Waals surface area (Å²) in [6, 6.07) is 10.2. The van der Waals surface area contributed by atoms with E-state index >= 15 is 0 Å². The van der Waals surface area contributed by atoms with Crippen molar-refractivity contribution in [3.63, 3.8) is 0 Å². The predicted molar refractivity (Wildman–Crippen MR) is 84.8 cm³/mol. The molecule has 2 rings (SSSR count). The molecule has 0 unspecified atom stereocenters. The van der Waals surface area contributed by atoms with Gasteiger partial charge in [-0.1, -0.05) is 44.2 Å². The van der Waals surface area contributed by atoms with E-state index in [0.717, 1.165) is 29.1 Å². The first kappa shape index (κ1) is 15.2. The summed E-state index contributed by atoms with van der Waals surface area (Å²) in [4.78, 5) is 4.66. The molecule has 0 spiro atoms. The number of hydrogen-bond acceptors (Lipinski definition) is 4. The molecule has 0 atom stereocenters. The third-order valence-electron chi connectivity index (χ3n) is 3.87. The van der Waals surface area contributed by atoms with Crippen molar-refractivity contribution in [3.05, 3.63) is 41.4 Å². The highest BCUT2D eigenvalue weighted by Crippen LogP contribution is 2.24. The van der Waals surface area contributed by atoms with E-state index < -0.39 is 0 Å². The van der Waals surface area contributed by atoms with Gasteiger partial charge in [0.15, 0.2) is 0 Å². The van der Waals surface area contributed by atoms with Gasteiger partial charge in [-0.3, -0.25) is 0 Å². The molecule has 2 N–H and O–H groups in total. The number of thiazole rings is 1. The fourth-order valence-corrected chi connectivity index (χ4v) is 2.98. The lowest BCUT2D eigenvalue weighted by molar-refractivity contribution is 0.149. The topological polar surface area (TPSA) is 45.1 Å². The van der Waals surface area contributed by atoms with Gasteiger partial charge in [0, 0.05) is 23.0 Å². The number of aromatic nitrogens is 1. The van der Waals surface area contributed by atoms with Crippen LogP contribution >= 0.6 is 11.3 Å². The minimum Gasteiger partial charge on any atom is -0.394 e. The van der Waals surface area contributed by atoms with Crippen LogP contribution in [0.3, 0.4) is 0 Å². The fraction of sp³-hybridized carbons (Fsp3) is 0.438. The number of nitrogens with zero attached hydrogens (tertiary/aromatic N) is 1. The summed E-state index contributed by atoms with van der Waals surface area (Å²) in [5.74, 6) is 0. The van der Waals surface area contributed by atoms with Gasteiger partial charge < -0.3 is 10.4 Å². The van der Waals surface area contributed by atoms with Gasteiger partial charge in [0.2, 0.25) is 0 Å². The Morgan fingerprint density at radius 2 is 1.90 bits per heavy atom. The number of aliphatic hydroxyl groups is 1. The quantitative estimate of drug-likeness (QED) is 0.821. The van der Waals surface area contributed by atoms with Crippen LogP contribution in [0, 0.1) is 0 Å². The first-order chi connectivity index (χ1) is 9.73. The zero-order valence-electron chi connectivity index (χ0n) is 12.1. The highest BCUT2D eigenvalue weighted by Gasteiger charge is 2.24. The highest BCUT2D eigenvalue weighted by atomic mass is 32.1. The van der Waals surface area contributed by atoms with Gasteiger partial charge in [-0.15, -0.1) is 11.3 Å². The summed E-state index contributed by atoms with van der Waals surface area (Å²) in [7, 11) is 0. The lowest BCUT2D eigenvalue weighted by Gasteiger charge is -2.30. The molecule has 0 fully saturated rings. The maximum Gasteiger partial charge on any atom is 0.123 e. The molecule has 1 heterocycles. The molecule has 0 saturated heterocycles. The summed E-state index contributed by atoms with van der Waals surface area (Å²) < 4.78 is 0. The van der Waals surface area contributed by atoms with Crippen molar-refractivity contribution in [1.82, 2.24) is 10.3 Å². The van der Waals surface area contributed by atoms with Crippen LogP contribution in [0.15, 0.2) is 35.7 Å². The third-order valence-corrected chi connectivity index (χ3v) is 4.81. The molecule has 0 amide bonds. The molecule has 2 aromatic rings. The summed E-state index contributed by atoms with van der Waals surface area (Å²) in [5.41, 5.74) is 2.01. The molecule has 0 aliphatic rings. The predicted octanol–water partition coefficient (Wildman–Crippen LogP) is 3.45. The molecule has 0 saturated carbocycles. The minimum absolute atomic E-state index is 0.162. The van der Waals surface area contributed by atoms with Gasteiger partial charge in [-0.25, -0.2) is 4.98 Å². The number of aliphatic hydroxyl groups excluding tert-OH is 1. The molecule has 1 aromatic carbocycles. The normalized spacial score (nSPS) is 11.8. The summed E-state index contributed by atoms with van der Waals surface area (Å²) in [6.45, 7) is 5.06. The van der Waals surface area contributed by atoms with Crippen molar-refractivity contribution in [2.24, 2.45) is 0 Å². The molecule has 0 aliphatic heterocycles. The van der Waals surface area contributed by atoms with Gasteiger partial charge in [0.1, 0.15) is 5.01 Å². The van der Waals surface area contributed by atoms with Gasteiger partial charge in [0.05, 0.1) is 12.3 Å². The average molecular weight is 290 g/mol. The van der Waals surface area contributed by atoms with Crippen LogP contribution in [0.5, 0.6) is 0 Å². The van der Waals surface area contributed by atoms with Crippen molar-refractivity contribution in [3.8, 4) is 10.6 Å². The first-order valence-electron chi connectivity index (χ1n) is 7.08. The van der Waals surface area contributed by atoms with E-state index in [1.807, 2.05) is 18.2 Å². The Kier molecular flexibility index (Phi) is 5.29. The second kappa shape index (κ2) is 6.97. The van der Waals surface area contributed by atoms with Crippen molar-refractivity contribution in [2.45, 2.75) is 38.8 Å². The SMILES string of the molecule is CCC(CC)(CO)NCc1csc(-c2ccccc2)n1. The Hall–Kier alpha value is -1.23.